The molecule has 1 saturated heterocycles. The van der Waals surface area contributed by atoms with Crippen LogP contribution >= 0.6 is 0 Å². The van der Waals surface area contributed by atoms with Gasteiger partial charge in [0, 0.05) is 7.05 Å². The summed E-state index contributed by atoms with van der Waals surface area (Å²) in [5.41, 5.74) is 1.58. The second-order valence-electron chi connectivity index (χ2n) is 4.98. The second-order valence-corrected chi connectivity index (χ2v) is 4.98. The molecular weight excluding hydrogens is 292 g/mol. The van der Waals surface area contributed by atoms with Crippen molar-refractivity contribution in [2.75, 3.05) is 14.2 Å². The van der Waals surface area contributed by atoms with E-state index in [9.17, 15) is 4.79 Å². The fraction of sp³-hybridized carbons (Fsp3) is 0.111. The van der Waals surface area contributed by atoms with Gasteiger partial charge in [0.2, 0.25) is 0 Å². The number of hydrogen-bond donors (Lipinski definition) is 0. The van der Waals surface area contributed by atoms with Gasteiger partial charge in [-0.1, -0.05) is 30.3 Å². The van der Waals surface area contributed by atoms with Crippen LogP contribution in [0.25, 0.3) is 6.08 Å². The minimum absolute atomic E-state index is 0.226. The molecule has 0 N–H and O–H groups in total. The first-order chi connectivity index (χ1) is 11.2. The summed E-state index contributed by atoms with van der Waals surface area (Å²) in [7, 11) is 3.25. The minimum Gasteiger partial charge on any atom is -0.497 e. The molecule has 5 nitrogen and oxygen atoms in total. The topological polar surface area (TPSA) is 51.1 Å². The highest BCUT2D eigenvalue weighted by molar-refractivity contribution is 6.11. The Morgan fingerprint density at radius 1 is 1.09 bits per heavy atom. The van der Waals surface area contributed by atoms with Gasteiger partial charge in [-0.15, -0.1) is 0 Å². The van der Waals surface area contributed by atoms with Crippen molar-refractivity contribution in [3.05, 3.63) is 65.9 Å². The molecule has 0 bridgehead atoms. The van der Waals surface area contributed by atoms with Gasteiger partial charge in [-0.25, -0.2) is 0 Å². The fourth-order valence-electron chi connectivity index (χ4n) is 2.12. The Labute approximate surface area is 134 Å². The van der Waals surface area contributed by atoms with Crippen LogP contribution < -0.4 is 4.74 Å². The number of amides is 1. The number of carbonyl (C=O) groups is 1. The molecule has 2 aromatic carbocycles. The predicted molar refractivity (Wildman–Crippen MR) is 88.4 cm³/mol. The zero-order chi connectivity index (χ0) is 16.2. The largest absolute Gasteiger partial charge is 0.497 e. The second kappa shape index (κ2) is 6.36. The number of amidine groups is 1. The van der Waals surface area contributed by atoms with E-state index in [0.717, 1.165) is 17.0 Å². The van der Waals surface area contributed by atoms with Crippen LogP contribution in [0.15, 0.2) is 65.3 Å². The summed E-state index contributed by atoms with van der Waals surface area (Å²) < 4.78 is 10.7. The van der Waals surface area contributed by atoms with Crippen LogP contribution in [0.1, 0.15) is 5.56 Å². The normalized spacial score (nSPS) is 17.7. The highest BCUT2D eigenvalue weighted by Gasteiger charge is 2.31. The number of aliphatic imine (C=N–C) groups is 1. The van der Waals surface area contributed by atoms with Crippen molar-refractivity contribution < 1.29 is 14.3 Å². The molecule has 0 spiro atoms. The molecule has 0 aliphatic carbocycles. The lowest BCUT2D eigenvalue weighted by atomic mass is 10.2. The van der Waals surface area contributed by atoms with E-state index in [-0.39, 0.29) is 17.7 Å². The molecule has 0 unspecified atom stereocenters. The summed E-state index contributed by atoms with van der Waals surface area (Å²) in [5.74, 6) is 0.775. The molecule has 1 amide bonds. The number of rotatable bonds is 3. The summed E-state index contributed by atoms with van der Waals surface area (Å²) >= 11 is 0. The maximum Gasteiger partial charge on any atom is 0.305 e. The van der Waals surface area contributed by atoms with E-state index in [2.05, 4.69) is 4.99 Å². The number of nitrogens with zero attached hydrogens (tertiary/aromatic N) is 2. The first-order valence-electron chi connectivity index (χ1n) is 7.13. The highest BCUT2D eigenvalue weighted by atomic mass is 16.5. The monoisotopic (exact) mass is 308 g/mol. The third-order valence-corrected chi connectivity index (χ3v) is 3.40. The van der Waals surface area contributed by atoms with Gasteiger partial charge < -0.3 is 9.47 Å². The average Bonchev–Trinajstić information content (AvgIpc) is 2.84. The SMILES string of the molecule is COc1ccc(/C=C2/OC(=Nc3ccccc3)N(C)C2=O)cc1. The van der Waals surface area contributed by atoms with Crippen molar-refractivity contribution in [1.82, 2.24) is 4.90 Å². The van der Waals surface area contributed by atoms with Gasteiger partial charge in [0.05, 0.1) is 12.8 Å². The lowest BCUT2D eigenvalue weighted by molar-refractivity contribution is -0.122. The van der Waals surface area contributed by atoms with Crippen LogP contribution in [-0.2, 0) is 9.53 Å². The summed E-state index contributed by atoms with van der Waals surface area (Å²) in [6.45, 7) is 0. The zero-order valence-corrected chi connectivity index (χ0v) is 12.9. The minimum atomic E-state index is -0.226. The maximum atomic E-state index is 12.3. The number of para-hydroxylation sites is 1. The summed E-state index contributed by atoms with van der Waals surface area (Å²) in [6, 6.07) is 17.0. The van der Waals surface area contributed by atoms with Gasteiger partial charge in [0.15, 0.2) is 5.76 Å². The molecule has 2 aromatic rings. The van der Waals surface area contributed by atoms with Gasteiger partial charge >= 0.3 is 6.02 Å². The molecule has 5 heteroatoms. The third kappa shape index (κ3) is 3.23. The van der Waals surface area contributed by atoms with Crippen LogP contribution in [0.5, 0.6) is 5.75 Å². The average molecular weight is 308 g/mol. The Morgan fingerprint density at radius 3 is 2.43 bits per heavy atom. The molecule has 0 saturated carbocycles. The van der Waals surface area contributed by atoms with Crippen molar-refractivity contribution in [1.29, 1.82) is 0 Å². The van der Waals surface area contributed by atoms with Gasteiger partial charge in [-0.05, 0) is 35.9 Å². The standard InChI is InChI=1S/C18H16N2O3/c1-20-17(21)16(12-13-8-10-15(22-2)11-9-13)23-18(20)19-14-6-4-3-5-7-14/h3-12H,1-2H3/b16-12+,19-18?. The molecule has 0 aromatic heterocycles. The molecule has 116 valence electrons. The van der Waals surface area contributed by atoms with Gasteiger partial charge in [-0.2, -0.15) is 4.99 Å². The molecule has 0 atom stereocenters. The lowest BCUT2D eigenvalue weighted by Crippen LogP contribution is -2.24. The molecule has 1 aliphatic heterocycles. The fourth-order valence-corrected chi connectivity index (χ4v) is 2.12. The van der Waals surface area contributed by atoms with E-state index in [1.807, 2.05) is 54.6 Å². The molecule has 23 heavy (non-hydrogen) atoms. The van der Waals surface area contributed by atoms with Crippen LogP contribution in [0.3, 0.4) is 0 Å². The van der Waals surface area contributed by atoms with E-state index in [0.29, 0.717) is 0 Å². The smallest absolute Gasteiger partial charge is 0.305 e. The zero-order valence-electron chi connectivity index (χ0n) is 12.9. The summed E-state index contributed by atoms with van der Waals surface area (Å²) in [5, 5.41) is 0. The first kappa shape index (κ1) is 14.8. The van der Waals surface area contributed by atoms with E-state index in [1.165, 1.54) is 4.90 Å². The van der Waals surface area contributed by atoms with Crippen molar-refractivity contribution >= 4 is 23.7 Å². The van der Waals surface area contributed by atoms with Crippen LogP contribution in [0.4, 0.5) is 5.69 Å². The van der Waals surface area contributed by atoms with Gasteiger partial charge in [0.1, 0.15) is 5.75 Å². The molecule has 0 radical (unpaired) electrons. The molecule has 3 rings (SSSR count). The van der Waals surface area contributed by atoms with Crippen LogP contribution in [0, 0.1) is 0 Å². The van der Waals surface area contributed by atoms with Crippen LogP contribution in [-0.4, -0.2) is 31.0 Å². The Bertz CT molecular complexity index is 765. The maximum absolute atomic E-state index is 12.3. The Balaban J connectivity index is 1.85. The number of hydrogen-bond acceptors (Lipinski definition) is 4. The third-order valence-electron chi connectivity index (χ3n) is 3.40. The Hall–Kier alpha value is -3.08. The number of benzene rings is 2. The number of ether oxygens (including phenoxy) is 2. The van der Waals surface area contributed by atoms with Crippen molar-refractivity contribution in [2.45, 2.75) is 0 Å². The predicted octanol–water partition coefficient (Wildman–Crippen LogP) is 3.21. The van der Waals surface area contributed by atoms with E-state index in [4.69, 9.17) is 9.47 Å². The van der Waals surface area contributed by atoms with Crippen molar-refractivity contribution in [2.24, 2.45) is 4.99 Å². The molecule has 1 fully saturated rings. The molecule has 1 heterocycles. The first-order valence-corrected chi connectivity index (χ1v) is 7.13. The Morgan fingerprint density at radius 2 is 1.78 bits per heavy atom. The number of methoxy groups -OCH3 is 1. The lowest BCUT2D eigenvalue weighted by Gasteiger charge is -2.04. The van der Waals surface area contributed by atoms with Crippen LogP contribution in [0.2, 0.25) is 0 Å². The van der Waals surface area contributed by atoms with Gasteiger partial charge in [-0.3, -0.25) is 9.69 Å². The number of likely N-dealkylation sites (N-methyl/N-ethyl adjacent to an activating group) is 1. The molecule has 1 aliphatic rings. The van der Waals surface area contributed by atoms with Gasteiger partial charge in [0.25, 0.3) is 5.91 Å². The molecular formula is C18H16N2O3. The van der Waals surface area contributed by atoms with E-state index < -0.39 is 0 Å². The van der Waals surface area contributed by atoms with E-state index >= 15 is 0 Å². The van der Waals surface area contributed by atoms with Crippen molar-refractivity contribution in [3.8, 4) is 5.75 Å². The van der Waals surface area contributed by atoms with Crippen molar-refractivity contribution in [3.63, 3.8) is 0 Å². The Kier molecular flexibility index (Phi) is 4.10. The quantitative estimate of drug-likeness (QED) is 0.818. The van der Waals surface area contributed by atoms with E-state index in [1.54, 1.807) is 20.2 Å². The summed E-state index contributed by atoms with van der Waals surface area (Å²) in [4.78, 5) is 18.0. The number of carbonyl (C=O) groups excluding carboxylic acids is 1. The highest BCUT2D eigenvalue weighted by Crippen LogP contribution is 2.22. The summed E-state index contributed by atoms with van der Waals surface area (Å²) in [6.07, 6.45) is 1.69.